The number of aromatic amines is 1. The van der Waals surface area contributed by atoms with Crippen molar-refractivity contribution in [1.29, 1.82) is 0 Å². The molecule has 0 fully saturated rings. The number of ether oxygens (including phenoxy) is 1. The molecule has 2 aromatic heterocycles. The Morgan fingerprint density at radius 2 is 2.00 bits per heavy atom. The van der Waals surface area contributed by atoms with E-state index in [-0.39, 0.29) is 17.2 Å². The molecule has 0 amide bonds. The molecular formula is C10H11F3N4O3. The predicted molar refractivity (Wildman–Crippen MR) is 62.8 cm³/mol. The summed E-state index contributed by atoms with van der Waals surface area (Å²) in [4.78, 5) is 29.2. The van der Waals surface area contributed by atoms with E-state index >= 15 is 0 Å². The number of aryl methyl sites for hydroxylation is 2. The van der Waals surface area contributed by atoms with Crippen LogP contribution in [0.1, 0.15) is 6.42 Å². The summed E-state index contributed by atoms with van der Waals surface area (Å²) >= 11 is 0. The molecule has 2 heterocycles. The maximum absolute atomic E-state index is 12.3. The molecule has 0 bridgehead atoms. The number of fused-ring (bicyclic) bond motifs is 1. The smallest absolute Gasteiger partial charge is 0.390 e. The van der Waals surface area contributed by atoms with Crippen molar-refractivity contribution >= 4 is 11.2 Å². The highest BCUT2D eigenvalue weighted by molar-refractivity contribution is 5.71. The van der Waals surface area contributed by atoms with Crippen LogP contribution in [-0.4, -0.2) is 32.4 Å². The molecule has 2 aromatic rings. The topological polar surface area (TPSA) is 81.9 Å². The lowest BCUT2D eigenvalue weighted by Gasteiger charge is -2.08. The first-order valence-electron chi connectivity index (χ1n) is 5.55. The van der Waals surface area contributed by atoms with Gasteiger partial charge in [-0.15, -0.1) is 0 Å². The summed E-state index contributed by atoms with van der Waals surface area (Å²) < 4.78 is 43.7. The molecule has 0 aliphatic carbocycles. The second-order valence-corrected chi connectivity index (χ2v) is 4.11. The normalized spacial score (nSPS) is 12.1. The molecule has 7 nitrogen and oxygen atoms in total. The van der Waals surface area contributed by atoms with E-state index in [1.54, 1.807) is 0 Å². The fourth-order valence-electron chi connectivity index (χ4n) is 1.85. The highest BCUT2D eigenvalue weighted by Crippen LogP contribution is 2.21. The maximum Gasteiger partial charge on any atom is 0.390 e. The highest BCUT2D eigenvalue weighted by Gasteiger charge is 2.28. The number of hydrogen-bond donors (Lipinski definition) is 1. The van der Waals surface area contributed by atoms with Crippen molar-refractivity contribution in [2.75, 3.05) is 7.11 Å². The van der Waals surface area contributed by atoms with Gasteiger partial charge in [0.1, 0.15) is 0 Å². The third kappa shape index (κ3) is 2.40. The molecule has 0 radical (unpaired) electrons. The lowest BCUT2D eigenvalue weighted by atomic mass is 10.4. The molecule has 0 aliphatic rings. The molecule has 2 rings (SSSR count). The first-order chi connectivity index (χ1) is 9.24. The van der Waals surface area contributed by atoms with Crippen molar-refractivity contribution in [1.82, 2.24) is 19.1 Å². The number of alkyl halides is 3. The van der Waals surface area contributed by atoms with Gasteiger partial charge in [-0.1, -0.05) is 0 Å². The molecule has 0 saturated carbocycles. The lowest BCUT2D eigenvalue weighted by molar-refractivity contribution is -0.136. The minimum absolute atomic E-state index is 0.0244. The zero-order valence-electron chi connectivity index (χ0n) is 10.6. The van der Waals surface area contributed by atoms with Crippen LogP contribution in [0.15, 0.2) is 9.59 Å². The first-order valence-corrected chi connectivity index (χ1v) is 5.55. The number of hydrogen-bond acceptors (Lipinski definition) is 4. The van der Waals surface area contributed by atoms with Crippen LogP contribution >= 0.6 is 0 Å². The van der Waals surface area contributed by atoms with Crippen LogP contribution in [0.2, 0.25) is 0 Å². The standard InChI is InChI=1S/C10H11F3N4O3/c1-16-5-6(14-9(16)20-2)17(4-3-10(11,12)13)8(19)15-7(5)18/h3-4H2,1-2H3,(H,15,18,19). The van der Waals surface area contributed by atoms with Gasteiger partial charge < -0.3 is 4.74 Å². The van der Waals surface area contributed by atoms with Crippen molar-refractivity contribution in [2.45, 2.75) is 19.1 Å². The van der Waals surface area contributed by atoms with E-state index < -0.39 is 30.4 Å². The van der Waals surface area contributed by atoms with Crippen LogP contribution in [0.4, 0.5) is 13.2 Å². The summed E-state index contributed by atoms with van der Waals surface area (Å²) in [6.07, 6.45) is -5.62. The summed E-state index contributed by atoms with van der Waals surface area (Å²) in [5.74, 6) is 0. The van der Waals surface area contributed by atoms with Crippen LogP contribution < -0.4 is 16.0 Å². The van der Waals surface area contributed by atoms with Crippen molar-refractivity contribution in [3.05, 3.63) is 20.8 Å². The zero-order valence-corrected chi connectivity index (χ0v) is 10.6. The van der Waals surface area contributed by atoms with Gasteiger partial charge in [-0.05, 0) is 0 Å². The SMILES string of the molecule is COc1nc2c(c(=O)[nH]c(=O)n2CCC(F)(F)F)n1C. The Bertz CT molecular complexity index is 756. The summed E-state index contributed by atoms with van der Waals surface area (Å²) in [5, 5.41) is 0. The molecule has 110 valence electrons. The number of imidazole rings is 1. The quantitative estimate of drug-likeness (QED) is 0.887. The van der Waals surface area contributed by atoms with Gasteiger partial charge in [0.15, 0.2) is 11.2 Å². The van der Waals surface area contributed by atoms with Gasteiger partial charge in [-0.3, -0.25) is 18.9 Å². The zero-order chi connectivity index (χ0) is 15.1. The number of nitrogens with one attached hydrogen (secondary N) is 1. The summed E-state index contributed by atoms with van der Waals surface area (Å²) in [6, 6.07) is 0.0249. The fourth-order valence-corrected chi connectivity index (χ4v) is 1.85. The molecule has 0 unspecified atom stereocenters. The Hall–Kier alpha value is -2.26. The van der Waals surface area contributed by atoms with Crippen LogP contribution in [0.25, 0.3) is 11.2 Å². The molecule has 20 heavy (non-hydrogen) atoms. The average Bonchev–Trinajstić information content (AvgIpc) is 2.65. The first kappa shape index (κ1) is 14.2. The minimum atomic E-state index is -4.42. The van der Waals surface area contributed by atoms with E-state index in [0.29, 0.717) is 0 Å². The fraction of sp³-hybridized carbons (Fsp3) is 0.500. The minimum Gasteiger partial charge on any atom is -0.468 e. The second kappa shape index (κ2) is 4.69. The van der Waals surface area contributed by atoms with Crippen molar-refractivity contribution < 1.29 is 17.9 Å². The molecule has 0 saturated heterocycles. The van der Waals surface area contributed by atoms with Crippen LogP contribution in [0.3, 0.4) is 0 Å². The monoisotopic (exact) mass is 292 g/mol. The molecule has 10 heteroatoms. The third-order valence-corrected chi connectivity index (χ3v) is 2.77. The van der Waals surface area contributed by atoms with Gasteiger partial charge in [0, 0.05) is 13.6 Å². The van der Waals surface area contributed by atoms with E-state index in [1.165, 1.54) is 18.7 Å². The van der Waals surface area contributed by atoms with Gasteiger partial charge in [0.25, 0.3) is 11.6 Å². The molecule has 0 aliphatic heterocycles. The number of rotatable bonds is 3. The Kier molecular flexibility index (Phi) is 3.32. The Morgan fingerprint density at radius 1 is 1.35 bits per heavy atom. The number of halogens is 3. The highest BCUT2D eigenvalue weighted by atomic mass is 19.4. The lowest BCUT2D eigenvalue weighted by Crippen LogP contribution is -2.32. The second-order valence-electron chi connectivity index (χ2n) is 4.11. The molecule has 0 atom stereocenters. The van der Waals surface area contributed by atoms with Crippen molar-refractivity contribution in [3.63, 3.8) is 0 Å². The van der Waals surface area contributed by atoms with Crippen LogP contribution in [0, 0.1) is 0 Å². The van der Waals surface area contributed by atoms with E-state index in [4.69, 9.17) is 4.74 Å². The number of nitrogens with zero attached hydrogens (tertiary/aromatic N) is 3. The average molecular weight is 292 g/mol. The molecule has 0 aromatic carbocycles. The maximum atomic E-state index is 12.3. The van der Waals surface area contributed by atoms with Crippen molar-refractivity contribution in [2.24, 2.45) is 7.05 Å². The van der Waals surface area contributed by atoms with Gasteiger partial charge in [-0.2, -0.15) is 18.2 Å². The molecule has 0 spiro atoms. The van der Waals surface area contributed by atoms with E-state index in [1.807, 2.05) is 4.98 Å². The van der Waals surface area contributed by atoms with E-state index in [9.17, 15) is 22.8 Å². The Morgan fingerprint density at radius 3 is 2.55 bits per heavy atom. The van der Waals surface area contributed by atoms with Crippen LogP contribution in [0.5, 0.6) is 6.01 Å². The Labute approximate surface area is 109 Å². The summed E-state index contributed by atoms with van der Waals surface area (Å²) in [7, 11) is 2.76. The third-order valence-electron chi connectivity index (χ3n) is 2.77. The number of aromatic nitrogens is 4. The van der Waals surface area contributed by atoms with Crippen molar-refractivity contribution in [3.8, 4) is 6.01 Å². The van der Waals surface area contributed by atoms with Gasteiger partial charge in [0.2, 0.25) is 0 Å². The summed E-state index contributed by atoms with van der Waals surface area (Å²) in [5.41, 5.74) is -1.83. The van der Waals surface area contributed by atoms with Crippen LogP contribution in [-0.2, 0) is 13.6 Å². The van der Waals surface area contributed by atoms with E-state index in [2.05, 4.69) is 4.98 Å². The number of methoxy groups -OCH3 is 1. The van der Waals surface area contributed by atoms with Gasteiger partial charge in [0.05, 0.1) is 13.5 Å². The van der Waals surface area contributed by atoms with Gasteiger partial charge >= 0.3 is 11.9 Å². The Balaban J connectivity index is 2.65. The van der Waals surface area contributed by atoms with Gasteiger partial charge in [-0.25, -0.2) is 4.79 Å². The number of H-pyrrole nitrogens is 1. The molecular weight excluding hydrogens is 281 g/mol. The largest absolute Gasteiger partial charge is 0.468 e. The van der Waals surface area contributed by atoms with E-state index in [0.717, 1.165) is 4.57 Å². The summed E-state index contributed by atoms with van der Waals surface area (Å²) in [6.45, 7) is -0.629. The predicted octanol–water partition coefficient (Wildman–Crippen LogP) is 0.384. The molecule has 1 N–H and O–H groups in total.